The van der Waals surface area contributed by atoms with Crippen molar-refractivity contribution in [1.82, 2.24) is 15.8 Å². The third-order valence-corrected chi connectivity index (χ3v) is 3.83. The van der Waals surface area contributed by atoms with Gasteiger partial charge in [0.2, 0.25) is 0 Å². The van der Waals surface area contributed by atoms with Gasteiger partial charge in [-0.15, -0.1) is 0 Å². The highest BCUT2D eigenvalue weighted by atomic mass is 32.1. The van der Waals surface area contributed by atoms with E-state index in [1.54, 1.807) is 0 Å². The van der Waals surface area contributed by atoms with E-state index in [1.165, 1.54) is 25.7 Å². The van der Waals surface area contributed by atoms with E-state index < -0.39 is 0 Å². The summed E-state index contributed by atoms with van der Waals surface area (Å²) in [5, 5.41) is 6.46. The Morgan fingerprint density at radius 1 is 1.44 bits per heavy atom. The van der Waals surface area contributed by atoms with Crippen LogP contribution in [0.4, 0.5) is 0 Å². The average Bonchev–Trinajstić information content (AvgIpc) is 2.41. The van der Waals surface area contributed by atoms with E-state index in [0.29, 0.717) is 0 Å². The van der Waals surface area contributed by atoms with Gasteiger partial charge in [0, 0.05) is 0 Å². The fraction of sp³-hybridized carbons (Fsp3) is 0.917. The fourth-order valence-electron chi connectivity index (χ4n) is 2.79. The fourth-order valence-corrected chi connectivity index (χ4v) is 3.31. The molecule has 0 aromatic heterocycles. The van der Waals surface area contributed by atoms with Crippen LogP contribution in [-0.2, 0) is 0 Å². The van der Waals surface area contributed by atoms with Crippen LogP contribution in [0, 0.1) is 5.92 Å². The Kier molecular flexibility index (Phi) is 2.91. The molecule has 2 rings (SSSR count). The van der Waals surface area contributed by atoms with Crippen molar-refractivity contribution < 1.29 is 0 Å². The predicted octanol–water partition coefficient (Wildman–Crippen LogP) is 2.39. The van der Waals surface area contributed by atoms with Crippen molar-refractivity contribution in [1.29, 1.82) is 0 Å². The maximum atomic E-state index is 5.43. The van der Waals surface area contributed by atoms with Gasteiger partial charge in [-0.3, -0.25) is 5.01 Å². The molecule has 3 nitrogen and oxygen atoms in total. The van der Waals surface area contributed by atoms with Gasteiger partial charge in [-0.2, -0.15) is 0 Å². The summed E-state index contributed by atoms with van der Waals surface area (Å²) < 4.78 is 0. The number of thiocarbonyl (C=S) groups is 1. The van der Waals surface area contributed by atoms with Crippen molar-refractivity contribution in [3.05, 3.63) is 0 Å². The van der Waals surface area contributed by atoms with Crippen molar-refractivity contribution in [2.75, 3.05) is 0 Å². The zero-order chi connectivity index (χ0) is 12.0. The minimum Gasteiger partial charge on any atom is -0.342 e. The second kappa shape index (κ2) is 3.84. The van der Waals surface area contributed by atoms with E-state index in [4.69, 9.17) is 12.2 Å². The lowest BCUT2D eigenvalue weighted by molar-refractivity contribution is 0.0901. The predicted molar refractivity (Wildman–Crippen MR) is 70.8 cm³/mol. The van der Waals surface area contributed by atoms with E-state index in [2.05, 4.69) is 43.4 Å². The van der Waals surface area contributed by atoms with Crippen LogP contribution in [0.5, 0.6) is 0 Å². The quantitative estimate of drug-likeness (QED) is 0.637. The van der Waals surface area contributed by atoms with Gasteiger partial charge in [-0.25, -0.2) is 5.43 Å². The molecule has 92 valence electrons. The summed E-state index contributed by atoms with van der Waals surface area (Å²) in [5.41, 5.74) is 3.67. The first-order valence-corrected chi connectivity index (χ1v) is 6.63. The molecule has 16 heavy (non-hydrogen) atoms. The molecule has 0 unspecified atom stereocenters. The van der Waals surface area contributed by atoms with Crippen molar-refractivity contribution in [3.8, 4) is 0 Å². The zero-order valence-electron chi connectivity index (χ0n) is 10.8. The van der Waals surface area contributed by atoms with Crippen LogP contribution in [0.2, 0.25) is 0 Å². The van der Waals surface area contributed by atoms with Gasteiger partial charge in [-0.05, 0) is 58.2 Å². The molecule has 0 radical (unpaired) electrons. The van der Waals surface area contributed by atoms with Crippen LogP contribution in [0.3, 0.4) is 0 Å². The molecule has 2 aliphatic rings. The molecule has 2 atom stereocenters. The van der Waals surface area contributed by atoms with E-state index in [9.17, 15) is 0 Å². The summed E-state index contributed by atoms with van der Waals surface area (Å²) in [6, 6.07) is 0. The number of nitrogens with zero attached hydrogens (tertiary/aromatic N) is 1. The smallest absolute Gasteiger partial charge is 0.185 e. The summed E-state index contributed by atoms with van der Waals surface area (Å²) in [4.78, 5) is 0. The molecule has 1 heterocycles. The Bertz CT molecular complexity index is 297. The third-order valence-electron chi connectivity index (χ3n) is 3.54. The number of rotatable bonds is 0. The highest BCUT2D eigenvalue weighted by Crippen LogP contribution is 2.34. The standard InChI is InChI=1S/C12H23N3S/c1-9-6-5-7-12(8-9)13-10(16)15(14-12)11(2,3)4/h9,14H,5-8H2,1-4H3,(H,13,16)/t9-,12-/m1/s1. The van der Waals surface area contributed by atoms with Crippen LogP contribution in [-0.4, -0.2) is 21.3 Å². The normalized spacial score (nSPS) is 35.6. The molecule has 1 saturated heterocycles. The SMILES string of the molecule is C[C@@H]1CCC[C@@]2(C1)NC(=S)N(C(C)(C)C)N2. The summed E-state index contributed by atoms with van der Waals surface area (Å²) in [6.07, 6.45) is 4.96. The number of hydrogen-bond donors (Lipinski definition) is 2. The first-order valence-electron chi connectivity index (χ1n) is 6.23. The van der Waals surface area contributed by atoms with E-state index in [-0.39, 0.29) is 11.2 Å². The maximum absolute atomic E-state index is 5.43. The molecule has 1 saturated carbocycles. The summed E-state index contributed by atoms with van der Waals surface area (Å²) in [6.45, 7) is 8.87. The van der Waals surface area contributed by atoms with E-state index in [0.717, 1.165) is 11.0 Å². The Morgan fingerprint density at radius 2 is 2.12 bits per heavy atom. The molecule has 0 amide bonds. The van der Waals surface area contributed by atoms with Crippen LogP contribution in [0.25, 0.3) is 0 Å². The first kappa shape index (κ1) is 12.1. The van der Waals surface area contributed by atoms with Gasteiger partial charge in [0.1, 0.15) is 5.66 Å². The lowest BCUT2D eigenvalue weighted by atomic mass is 9.83. The van der Waals surface area contributed by atoms with Gasteiger partial charge in [0.05, 0.1) is 5.54 Å². The monoisotopic (exact) mass is 241 g/mol. The van der Waals surface area contributed by atoms with Crippen molar-refractivity contribution in [2.45, 2.75) is 64.6 Å². The molecule has 1 spiro atoms. The molecule has 1 aliphatic carbocycles. The molecule has 0 bridgehead atoms. The van der Waals surface area contributed by atoms with E-state index >= 15 is 0 Å². The molecule has 2 N–H and O–H groups in total. The number of hydrogen-bond acceptors (Lipinski definition) is 2. The van der Waals surface area contributed by atoms with Crippen molar-refractivity contribution in [2.24, 2.45) is 5.92 Å². The summed E-state index contributed by atoms with van der Waals surface area (Å²) >= 11 is 5.43. The van der Waals surface area contributed by atoms with Crippen LogP contribution >= 0.6 is 12.2 Å². The van der Waals surface area contributed by atoms with Gasteiger partial charge in [0.25, 0.3) is 0 Å². The second-order valence-corrected chi connectivity index (χ2v) is 6.72. The largest absolute Gasteiger partial charge is 0.342 e. The Labute approximate surface area is 104 Å². The van der Waals surface area contributed by atoms with Crippen LogP contribution < -0.4 is 10.7 Å². The van der Waals surface area contributed by atoms with Crippen molar-refractivity contribution >= 4 is 17.3 Å². The molecular weight excluding hydrogens is 218 g/mol. The molecule has 0 aromatic carbocycles. The lowest BCUT2D eigenvalue weighted by Crippen LogP contribution is -2.56. The molecular formula is C12H23N3S. The highest BCUT2D eigenvalue weighted by molar-refractivity contribution is 7.80. The highest BCUT2D eigenvalue weighted by Gasteiger charge is 2.45. The lowest BCUT2D eigenvalue weighted by Gasteiger charge is -2.39. The average molecular weight is 241 g/mol. The van der Waals surface area contributed by atoms with Gasteiger partial charge >= 0.3 is 0 Å². The first-order chi connectivity index (χ1) is 7.32. The topological polar surface area (TPSA) is 27.3 Å². The van der Waals surface area contributed by atoms with Crippen LogP contribution in [0.15, 0.2) is 0 Å². The Balaban J connectivity index is 2.13. The van der Waals surface area contributed by atoms with Gasteiger partial charge in [0.15, 0.2) is 5.11 Å². The van der Waals surface area contributed by atoms with E-state index in [1.807, 2.05) is 0 Å². The summed E-state index contributed by atoms with van der Waals surface area (Å²) in [7, 11) is 0. The minimum absolute atomic E-state index is 0.0298. The van der Waals surface area contributed by atoms with Crippen molar-refractivity contribution in [3.63, 3.8) is 0 Å². The second-order valence-electron chi connectivity index (χ2n) is 6.33. The molecule has 2 fully saturated rings. The molecule has 1 aliphatic heterocycles. The number of nitrogens with one attached hydrogen (secondary N) is 2. The Hall–Kier alpha value is -0.350. The van der Waals surface area contributed by atoms with Gasteiger partial charge < -0.3 is 5.32 Å². The Morgan fingerprint density at radius 3 is 2.62 bits per heavy atom. The van der Waals surface area contributed by atoms with Crippen LogP contribution in [0.1, 0.15) is 53.4 Å². The third kappa shape index (κ3) is 2.18. The van der Waals surface area contributed by atoms with Gasteiger partial charge in [-0.1, -0.05) is 13.3 Å². The zero-order valence-corrected chi connectivity index (χ0v) is 11.6. The molecule has 4 heteroatoms. The minimum atomic E-state index is 0.0298. The number of hydrazine groups is 1. The summed E-state index contributed by atoms with van der Waals surface area (Å²) in [5.74, 6) is 0.775. The maximum Gasteiger partial charge on any atom is 0.185 e. The molecule has 0 aromatic rings.